The number of carbonyl (C=O) groups is 1. The van der Waals surface area contributed by atoms with E-state index in [1.54, 1.807) is 6.92 Å². The van der Waals surface area contributed by atoms with Gasteiger partial charge in [0.1, 0.15) is 11.5 Å². The molecule has 2 fully saturated rings. The van der Waals surface area contributed by atoms with Crippen LogP contribution in [0.15, 0.2) is 12.1 Å². The normalized spacial score (nSPS) is 40.6. The Balaban J connectivity index is 1.77. The van der Waals surface area contributed by atoms with Gasteiger partial charge in [-0.3, -0.25) is 4.79 Å². The lowest BCUT2D eigenvalue weighted by Crippen LogP contribution is -2.49. The van der Waals surface area contributed by atoms with Gasteiger partial charge in [-0.15, -0.1) is 0 Å². The molecule has 0 aliphatic heterocycles. The first-order valence-corrected chi connectivity index (χ1v) is 9.34. The van der Waals surface area contributed by atoms with Gasteiger partial charge in [-0.1, -0.05) is 6.92 Å². The Hall–Kier alpha value is -1.35. The second-order valence-corrected chi connectivity index (χ2v) is 8.68. The third-order valence-corrected chi connectivity index (χ3v) is 7.52. The van der Waals surface area contributed by atoms with E-state index in [-0.39, 0.29) is 23.0 Å². The number of fused-ring (bicyclic) bond motifs is 5. The summed E-state index contributed by atoms with van der Waals surface area (Å²) in [6.45, 7) is 6.01. The second kappa shape index (κ2) is 5.32. The highest BCUT2D eigenvalue weighted by atomic mass is 16.3. The van der Waals surface area contributed by atoms with E-state index in [0.717, 1.165) is 36.8 Å². The molecule has 0 bridgehead atoms. The number of hydrogen-bond donors (Lipinski definition) is 2. The lowest BCUT2D eigenvalue weighted by molar-refractivity contribution is -0.128. The molecule has 130 valence electrons. The van der Waals surface area contributed by atoms with Gasteiger partial charge < -0.3 is 10.2 Å². The van der Waals surface area contributed by atoms with Crippen molar-refractivity contribution in [3.63, 3.8) is 0 Å². The summed E-state index contributed by atoms with van der Waals surface area (Å²) in [6.07, 6.45) is 4.46. The standard InChI is InChI=1S/C21H28O3/c1-11-8-13(23)9-16-14(11)4-5-15-18-7-6-17(12(2)22)21(18,3)10-19(24)20(15)16/h8-9,15,17-20,23-24H,4-7,10H2,1-3H3/t15-,17+,18-,19+,20-,21+/m0/s1. The lowest BCUT2D eigenvalue weighted by Gasteiger charge is -2.53. The van der Waals surface area contributed by atoms with Crippen LogP contribution in [0.5, 0.6) is 5.75 Å². The van der Waals surface area contributed by atoms with Gasteiger partial charge in [0, 0.05) is 11.8 Å². The highest BCUT2D eigenvalue weighted by Crippen LogP contribution is 2.63. The van der Waals surface area contributed by atoms with Gasteiger partial charge in [0.2, 0.25) is 0 Å². The fourth-order valence-electron chi connectivity index (χ4n) is 6.63. The van der Waals surface area contributed by atoms with Crippen LogP contribution >= 0.6 is 0 Å². The highest BCUT2D eigenvalue weighted by molar-refractivity contribution is 5.79. The zero-order valence-corrected chi connectivity index (χ0v) is 14.9. The SMILES string of the molecule is CC(=O)[C@H]1CC[C@H]2[C@@H]3CCc4c(C)cc(O)cc4[C@H]3[C@H](O)C[C@]12C. The Bertz CT molecular complexity index is 695. The number of phenolic OH excluding ortho intramolecular Hbond substituents is 1. The zero-order valence-electron chi connectivity index (χ0n) is 14.9. The van der Waals surface area contributed by atoms with E-state index in [1.807, 2.05) is 12.1 Å². The van der Waals surface area contributed by atoms with Crippen molar-refractivity contribution in [3.05, 3.63) is 28.8 Å². The Labute approximate surface area is 144 Å². The van der Waals surface area contributed by atoms with Crippen LogP contribution in [0, 0.1) is 30.1 Å². The molecule has 1 aromatic rings. The van der Waals surface area contributed by atoms with Gasteiger partial charge in [0.05, 0.1) is 6.10 Å². The van der Waals surface area contributed by atoms with Gasteiger partial charge in [0.25, 0.3) is 0 Å². The van der Waals surface area contributed by atoms with Gasteiger partial charge in [-0.05, 0) is 92.0 Å². The molecule has 0 saturated heterocycles. The molecule has 4 rings (SSSR count). The molecule has 6 atom stereocenters. The van der Waals surface area contributed by atoms with Crippen LogP contribution in [0.4, 0.5) is 0 Å². The molecule has 2 N–H and O–H groups in total. The van der Waals surface area contributed by atoms with Crippen LogP contribution in [0.1, 0.15) is 62.1 Å². The average molecular weight is 328 g/mol. The number of hydrogen-bond acceptors (Lipinski definition) is 3. The first-order valence-electron chi connectivity index (χ1n) is 9.34. The minimum Gasteiger partial charge on any atom is -0.508 e. The number of carbonyl (C=O) groups excluding carboxylic acids is 1. The summed E-state index contributed by atoms with van der Waals surface area (Å²) in [5.41, 5.74) is 3.55. The van der Waals surface area contributed by atoms with E-state index in [1.165, 1.54) is 5.56 Å². The molecule has 0 heterocycles. The molecule has 3 aliphatic carbocycles. The molecular weight excluding hydrogens is 300 g/mol. The molecule has 0 amide bonds. The summed E-state index contributed by atoms with van der Waals surface area (Å²) < 4.78 is 0. The van der Waals surface area contributed by atoms with Crippen molar-refractivity contribution in [2.45, 2.75) is 64.9 Å². The quantitative estimate of drug-likeness (QED) is 0.826. The van der Waals surface area contributed by atoms with Crippen LogP contribution in [0.2, 0.25) is 0 Å². The van der Waals surface area contributed by atoms with Crippen molar-refractivity contribution >= 4 is 5.78 Å². The zero-order chi connectivity index (χ0) is 17.2. The Kier molecular flexibility index (Phi) is 3.58. The number of ketones is 1. The minimum atomic E-state index is -0.420. The largest absolute Gasteiger partial charge is 0.508 e. The first-order chi connectivity index (χ1) is 11.3. The number of rotatable bonds is 1. The smallest absolute Gasteiger partial charge is 0.133 e. The van der Waals surface area contributed by atoms with E-state index >= 15 is 0 Å². The number of benzene rings is 1. The number of aromatic hydroxyl groups is 1. The van der Waals surface area contributed by atoms with Gasteiger partial charge >= 0.3 is 0 Å². The summed E-state index contributed by atoms with van der Waals surface area (Å²) in [4.78, 5) is 12.1. The van der Waals surface area contributed by atoms with Crippen molar-refractivity contribution in [2.24, 2.45) is 23.2 Å². The number of aliphatic hydroxyl groups is 1. The van der Waals surface area contributed by atoms with Crippen molar-refractivity contribution in [1.82, 2.24) is 0 Å². The second-order valence-electron chi connectivity index (χ2n) is 8.68. The van der Waals surface area contributed by atoms with Crippen LogP contribution in [0.3, 0.4) is 0 Å². The van der Waals surface area contributed by atoms with Crippen molar-refractivity contribution in [3.8, 4) is 5.75 Å². The van der Waals surface area contributed by atoms with Crippen molar-refractivity contribution in [2.75, 3.05) is 0 Å². The number of aliphatic hydroxyl groups excluding tert-OH is 1. The fraction of sp³-hybridized carbons (Fsp3) is 0.667. The van der Waals surface area contributed by atoms with E-state index < -0.39 is 6.10 Å². The lowest BCUT2D eigenvalue weighted by atomic mass is 9.52. The Morgan fingerprint density at radius 3 is 2.71 bits per heavy atom. The molecule has 3 aliphatic rings. The third-order valence-electron chi connectivity index (χ3n) is 7.52. The number of phenols is 1. The number of aryl methyl sites for hydroxylation is 1. The molecule has 3 heteroatoms. The van der Waals surface area contributed by atoms with Gasteiger partial charge in [0.15, 0.2) is 0 Å². The third kappa shape index (κ3) is 2.10. The molecule has 2 saturated carbocycles. The summed E-state index contributed by atoms with van der Waals surface area (Å²) in [5, 5.41) is 21.1. The maximum Gasteiger partial charge on any atom is 0.133 e. The van der Waals surface area contributed by atoms with Crippen LogP contribution < -0.4 is 0 Å². The summed E-state index contributed by atoms with van der Waals surface area (Å²) >= 11 is 0. The fourth-order valence-corrected chi connectivity index (χ4v) is 6.63. The van der Waals surface area contributed by atoms with Crippen LogP contribution in [0.25, 0.3) is 0 Å². The molecule has 24 heavy (non-hydrogen) atoms. The summed E-state index contributed by atoms with van der Waals surface area (Å²) in [5.74, 6) is 1.75. The molecule has 0 unspecified atom stereocenters. The average Bonchev–Trinajstić information content (AvgIpc) is 2.83. The Morgan fingerprint density at radius 2 is 2.00 bits per heavy atom. The van der Waals surface area contributed by atoms with Gasteiger partial charge in [-0.25, -0.2) is 0 Å². The maximum absolute atomic E-state index is 12.1. The van der Waals surface area contributed by atoms with Crippen LogP contribution in [-0.2, 0) is 11.2 Å². The van der Waals surface area contributed by atoms with E-state index in [4.69, 9.17) is 0 Å². The molecule has 1 aromatic carbocycles. The molecule has 0 spiro atoms. The molecule has 0 radical (unpaired) electrons. The minimum absolute atomic E-state index is 0.0597. The summed E-state index contributed by atoms with van der Waals surface area (Å²) in [7, 11) is 0. The predicted octanol–water partition coefficient (Wildman–Crippen LogP) is 3.73. The molecular formula is C21H28O3. The number of Topliss-reactive ketones (excluding diaryl/α,β-unsaturated/α-hetero) is 1. The summed E-state index contributed by atoms with van der Waals surface area (Å²) in [6, 6.07) is 3.71. The van der Waals surface area contributed by atoms with Crippen molar-refractivity contribution < 1.29 is 15.0 Å². The first kappa shape index (κ1) is 16.1. The van der Waals surface area contributed by atoms with Gasteiger partial charge in [-0.2, -0.15) is 0 Å². The maximum atomic E-state index is 12.1. The highest BCUT2D eigenvalue weighted by Gasteiger charge is 2.58. The van der Waals surface area contributed by atoms with E-state index in [0.29, 0.717) is 24.0 Å². The molecule has 3 nitrogen and oxygen atoms in total. The monoisotopic (exact) mass is 328 g/mol. The predicted molar refractivity (Wildman–Crippen MR) is 93.0 cm³/mol. The van der Waals surface area contributed by atoms with Crippen molar-refractivity contribution in [1.29, 1.82) is 0 Å². The Morgan fingerprint density at radius 1 is 1.25 bits per heavy atom. The molecule has 0 aromatic heterocycles. The van der Waals surface area contributed by atoms with E-state index in [2.05, 4.69) is 13.8 Å². The van der Waals surface area contributed by atoms with E-state index in [9.17, 15) is 15.0 Å². The topological polar surface area (TPSA) is 57.5 Å². The van der Waals surface area contributed by atoms with Crippen LogP contribution in [-0.4, -0.2) is 22.1 Å².